The van der Waals surface area contributed by atoms with Crippen molar-refractivity contribution in [2.45, 2.75) is 110 Å². The predicted octanol–water partition coefficient (Wildman–Crippen LogP) is 0.108. The molecule has 57 heavy (non-hydrogen) atoms. The van der Waals surface area contributed by atoms with Crippen molar-refractivity contribution in [2.75, 3.05) is 31.5 Å². The van der Waals surface area contributed by atoms with Crippen LogP contribution in [0.3, 0.4) is 0 Å². The zero-order valence-electron chi connectivity index (χ0n) is 33.3. The van der Waals surface area contributed by atoms with Gasteiger partial charge in [-0.3, -0.25) is 48.8 Å². The molecule has 1 saturated heterocycles. The van der Waals surface area contributed by atoms with Gasteiger partial charge in [-0.05, 0) is 83.4 Å². The van der Waals surface area contributed by atoms with Crippen LogP contribution in [0.1, 0.15) is 86.0 Å². The van der Waals surface area contributed by atoms with Gasteiger partial charge in [0.2, 0.25) is 11.8 Å². The molecule has 0 bridgehead atoms. The molecule has 20 heteroatoms. The summed E-state index contributed by atoms with van der Waals surface area (Å²) in [5.41, 5.74) is 15.1. The number of amides is 6. The van der Waals surface area contributed by atoms with Crippen LogP contribution in [0.25, 0.3) is 10.8 Å². The van der Waals surface area contributed by atoms with Gasteiger partial charge in [0.05, 0.1) is 23.4 Å². The van der Waals surface area contributed by atoms with Crippen molar-refractivity contribution in [3.8, 4) is 0 Å². The molecule has 1 aliphatic heterocycles. The number of hydrogen-bond acceptors (Lipinski definition) is 12. The zero-order chi connectivity index (χ0) is 42.4. The van der Waals surface area contributed by atoms with Crippen LogP contribution in [-0.2, 0) is 28.7 Å². The smallest absolute Gasteiger partial charge is 0.408 e. The van der Waals surface area contributed by atoms with Crippen molar-refractivity contribution in [3.05, 3.63) is 38.9 Å². The van der Waals surface area contributed by atoms with E-state index < -0.39 is 77.0 Å². The number of ether oxygens (including phenoxy) is 1. The average Bonchev–Trinajstić information content (AvgIpc) is 3.16. The molecule has 6 amide bonds. The maximum atomic E-state index is 14.6. The van der Waals surface area contributed by atoms with E-state index in [-0.39, 0.29) is 60.6 Å². The predicted molar refractivity (Wildman–Crippen MR) is 213 cm³/mol. The number of nitrogens with zero attached hydrogens (tertiary/aromatic N) is 3. The Hall–Kier alpha value is -5.79. The van der Waals surface area contributed by atoms with Crippen LogP contribution in [0.5, 0.6) is 0 Å². The fourth-order valence-corrected chi connectivity index (χ4v) is 6.08. The van der Waals surface area contributed by atoms with Crippen molar-refractivity contribution in [2.24, 2.45) is 28.1 Å². The second-order valence-corrected chi connectivity index (χ2v) is 15.0. The standard InChI is InChI=1S/C37H57N11O9/c1-6-21(2)29(44-36(56)57-37(3,4)5)34(55)48(28(50)20-42-32(53)25(38)14-15-27(49)47-17-8-7-9-18-47)33(54)26(11-10-16-41-35(39)40)43-22-12-13-23-24(19-22)31(52)46-45-30(23)51/h12-13,19,21,25-26,29,43H,6-11,14-18,20,38H2,1-5H3,(H,42,53)(H,44,56)(H,45,51)(H,46,52)(H4,39,40,41). The third-order valence-corrected chi connectivity index (χ3v) is 9.35. The van der Waals surface area contributed by atoms with E-state index in [4.69, 9.17) is 21.9 Å². The third-order valence-electron chi connectivity index (χ3n) is 9.35. The van der Waals surface area contributed by atoms with Gasteiger partial charge >= 0.3 is 6.09 Å². The largest absolute Gasteiger partial charge is 0.444 e. The maximum Gasteiger partial charge on any atom is 0.408 e. The van der Waals surface area contributed by atoms with Crippen molar-refractivity contribution < 1.29 is 33.5 Å². The van der Waals surface area contributed by atoms with E-state index in [1.807, 2.05) is 0 Å². The number of nitrogens with two attached hydrogens (primary N) is 3. The molecule has 11 N–H and O–H groups in total. The minimum Gasteiger partial charge on any atom is -0.444 e. The number of guanidine groups is 1. The van der Waals surface area contributed by atoms with E-state index in [1.54, 1.807) is 39.5 Å². The number of rotatable bonds is 17. The number of nitrogens with one attached hydrogen (secondary N) is 5. The number of fused-ring (bicyclic) bond motifs is 1. The van der Waals surface area contributed by atoms with Crippen LogP contribution in [0.4, 0.5) is 10.5 Å². The van der Waals surface area contributed by atoms with Gasteiger partial charge in [0.1, 0.15) is 17.7 Å². The van der Waals surface area contributed by atoms with Gasteiger partial charge in [0.25, 0.3) is 28.8 Å². The summed E-state index contributed by atoms with van der Waals surface area (Å²) in [5.74, 6) is -5.06. The van der Waals surface area contributed by atoms with Crippen molar-refractivity contribution in [1.29, 1.82) is 0 Å². The number of H-pyrrole nitrogens is 2. The summed E-state index contributed by atoms with van der Waals surface area (Å²) < 4.78 is 5.38. The second-order valence-electron chi connectivity index (χ2n) is 15.0. The summed E-state index contributed by atoms with van der Waals surface area (Å²) in [6.07, 6.45) is 2.31. The highest BCUT2D eigenvalue weighted by atomic mass is 16.6. The number of likely N-dealkylation sites (tertiary alicyclic amines) is 1. The first-order chi connectivity index (χ1) is 26.8. The van der Waals surface area contributed by atoms with Crippen molar-refractivity contribution in [1.82, 2.24) is 30.6 Å². The minimum atomic E-state index is -1.44. The Balaban J connectivity index is 1.97. The number of aliphatic imine (C=N–C) groups is 1. The number of alkyl carbamates (subject to hydrolysis) is 1. The van der Waals surface area contributed by atoms with Gasteiger partial charge in [-0.25, -0.2) is 9.69 Å². The molecule has 1 aromatic carbocycles. The molecule has 0 radical (unpaired) electrons. The lowest BCUT2D eigenvalue weighted by Gasteiger charge is -2.32. The molecule has 0 spiro atoms. The molecule has 2 heterocycles. The first-order valence-electron chi connectivity index (χ1n) is 19.1. The number of aromatic amines is 2. The molecule has 4 unspecified atom stereocenters. The molecule has 314 valence electrons. The van der Waals surface area contributed by atoms with E-state index in [1.165, 1.54) is 18.2 Å². The average molecular weight is 800 g/mol. The Morgan fingerprint density at radius 1 is 0.965 bits per heavy atom. The highest BCUT2D eigenvalue weighted by Gasteiger charge is 2.40. The van der Waals surface area contributed by atoms with E-state index in [2.05, 4.69) is 31.1 Å². The van der Waals surface area contributed by atoms with Crippen LogP contribution in [0.15, 0.2) is 32.8 Å². The number of piperidine rings is 1. The summed E-state index contributed by atoms with van der Waals surface area (Å²) in [6, 6.07) is 0.153. The second kappa shape index (κ2) is 20.9. The van der Waals surface area contributed by atoms with E-state index >= 15 is 0 Å². The number of aromatic nitrogens is 2. The number of imide groups is 3. The lowest BCUT2D eigenvalue weighted by atomic mass is 9.97. The molecule has 20 nitrogen and oxygen atoms in total. The third kappa shape index (κ3) is 13.7. The summed E-state index contributed by atoms with van der Waals surface area (Å²) in [6.45, 7) is 8.73. The Morgan fingerprint density at radius 3 is 2.23 bits per heavy atom. The lowest BCUT2D eigenvalue weighted by Crippen LogP contribution is -2.60. The molecular weight excluding hydrogens is 742 g/mol. The van der Waals surface area contributed by atoms with Gasteiger partial charge in [-0.15, -0.1) is 0 Å². The van der Waals surface area contributed by atoms with Gasteiger partial charge in [0, 0.05) is 31.7 Å². The van der Waals surface area contributed by atoms with E-state index in [0.29, 0.717) is 24.4 Å². The number of carbonyl (C=O) groups excluding carboxylic acids is 6. The molecule has 3 rings (SSSR count). The van der Waals surface area contributed by atoms with E-state index in [0.717, 1.165) is 19.3 Å². The molecule has 0 saturated carbocycles. The highest BCUT2D eigenvalue weighted by molar-refractivity contribution is 6.15. The molecule has 2 aromatic rings. The van der Waals surface area contributed by atoms with Gasteiger partial charge in [0.15, 0.2) is 5.96 Å². The summed E-state index contributed by atoms with van der Waals surface area (Å²) in [5, 5.41) is 12.4. The van der Waals surface area contributed by atoms with Crippen LogP contribution >= 0.6 is 0 Å². The number of hydrogen-bond donors (Lipinski definition) is 8. The fourth-order valence-electron chi connectivity index (χ4n) is 6.08. The molecule has 1 fully saturated rings. The maximum absolute atomic E-state index is 14.6. The molecule has 4 atom stereocenters. The van der Waals surface area contributed by atoms with Crippen molar-refractivity contribution >= 4 is 58.0 Å². The number of carbonyl (C=O) groups is 6. The van der Waals surface area contributed by atoms with Gasteiger partial charge in [-0.1, -0.05) is 20.3 Å². The van der Waals surface area contributed by atoms with Gasteiger partial charge in [-0.2, -0.15) is 0 Å². The Labute approximate surface area is 330 Å². The van der Waals surface area contributed by atoms with Crippen LogP contribution < -0.4 is 44.3 Å². The quantitative estimate of drug-likeness (QED) is 0.0599. The number of anilines is 1. The van der Waals surface area contributed by atoms with E-state index in [9.17, 15) is 38.4 Å². The normalized spacial score (nSPS) is 15.0. The molecule has 1 aromatic heterocycles. The fraction of sp³-hybridized carbons (Fsp3) is 0.595. The van der Waals surface area contributed by atoms with Crippen LogP contribution in [0.2, 0.25) is 0 Å². The Morgan fingerprint density at radius 2 is 1.61 bits per heavy atom. The van der Waals surface area contributed by atoms with Crippen LogP contribution in [-0.4, -0.2) is 111 Å². The summed E-state index contributed by atoms with van der Waals surface area (Å²) in [4.78, 5) is 113. The highest BCUT2D eigenvalue weighted by Crippen LogP contribution is 2.20. The molecule has 0 aliphatic carbocycles. The summed E-state index contributed by atoms with van der Waals surface area (Å²) >= 11 is 0. The zero-order valence-corrected chi connectivity index (χ0v) is 33.3. The Kier molecular flexibility index (Phi) is 16.7. The topological polar surface area (TPSA) is 310 Å². The molecule has 1 aliphatic rings. The minimum absolute atomic E-state index is 0.00488. The Bertz CT molecular complexity index is 1910. The number of benzene rings is 1. The molecular formula is C37H57N11O9. The summed E-state index contributed by atoms with van der Waals surface area (Å²) in [7, 11) is 0. The monoisotopic (exact) mass is 799 g/mol. The van der Waals surface area contributed by atoms with Crippen LogP contribution in [0, 0.1) is 5.92 Å². The SMILES string of the molecule is CCC(C)C(NC(=O)OC(C)(C)C)C(=O)N(C(=O)CNC(=O)C(N)CCC(=O)N1CCCCC1)C(=O)C(CCCN=C(N)N)Nc1ccc2c(=O)[nH][nH]c(=O)c2c1. The van der Waals surface area contributed by atoms with Gasteiger partial charge < -0.3 is 42.8 Å². The first-order valence-corrected chi connectivity index (χ1v) is 19.1. The van der Waals surface area contributed by atoms with Crippen molar-refractivity contribution in [3.63, 3.8) is 0 Å². The first kappa shape index (κ1) is 45.6. The lowest BCUT2D eigenvalue weighted by molar-refractivity contribution is -0.156.